The molecule has 0 aliphatic heterocycles. The van der Waals surface area contributed by atoms with Crippen LogP contribution in [-0.4, -0.2) is 15.6 Å². The molecule has 18 heavy (non-hydrogen) atoms. The van der Waals surface area contributed by atoms with Crippen molar-refractivity contribution in [3.8, 4) is 0 Å². The summed E-state index contributed by atoms with van der Waals surface area (Å²) in [5.74, 6) is 0.324. The highest BCUT2D eigenvalue weighted by molar-refractivity contribution is 5.78. The highest BCUT2D eigenvalue weighted by Gasteiger charge is 2.27. The van der Waals surface area contributed by atoms with Crippen LogP contribution in [0.5, 0.6) is 0 Å². The monoisotopic (exact) mass is 257 g/mol. The van der Waals surface area contributed by atoms with Crippen LogP contribution in [0.25, 0.3) is 0 Å². The second-order valence-corrected chi connectivity index (χ2v) is 4.87. The van der Waals surface area contributed by atoms with Gasteiger partial charge in [0, 0.05) is 12.1 Å². The number of ketones is 1. The molecule has 1 aliphatic rings. The fourth-order valence-corrected chi connectivity index (χ4v) is 2.52. The average molecular weight is 257 g/mol. The number of alkyl halides is 2. The van der Waals surface area contributed by atoms with Crippen LogP contribution >= 0.6 is 0 Å². The zero-order valence-electron chi connectivity index (χ0n) is 10.3. The van der Waals surface area contributed by atoms with Gasteiger partial charge < -0.3 is 5.73 Å². The molecule has 1 aromatic heterocycles. The summed E-state index contributed by atoms with van der Waals surface area (Å²) in [6.45, 7) is 1.60. The number of nitrogens with two attached hydrogens (primary N) is 1. The van der Waals surface area contributed by atoms with Crippen molar-refractivity contribution in [2.45, 2.75) is 45.1 Å². The number of hydrogen-bond donors (Lipinski definition) is 1. The van der Waals surface area contributed by atoms with Gasteiger partial charge in [-0.1, -0.05) is 0 Å². The summed E-state index contributed by atoms with van der Waals surface area (Å²) < 4.78 is 26.7. The molecular weight excluding hydrogens is 240 g/mol. The van der Waals surface area contributed by atoms with E-state index in [0.29, 0.717) is 0 Å². The fourth-order valence-electron chi connectivity index (χ4n) is 2.52. The quantitative estimate of drug-likeness (QED) is 0.905. The molecule has 4 nitrogen and oxygen atoms in total. The van der Waals surface area contributed by atoms with Crippen LogP contribution < -0.4 is 5.73 Å². The van der Waals surface area contributed by atoms with Crippen LogP contribution in [0.15, 0.2) is 6.20 Å². The molecule has 0 saturated heterocycles. The molecule has 0 spiro atoms. The van der Waals surface area contributed by atoms with Crippen LogP contribution in [-0.2, 0) is 4.79 Å². The lowest BCUT2D eigenvalue weighted by Crippen LogP contribution is -2.22. The van der Waals surface area contributed by atoms with Crippen molar-refractivity contribution < 1.29 is 13.6 Å². The van der Waals surface area contributed by atoms with Crippen molar-refractivity contribution in [1.29, 1.82) is 0 Å². The Labute approximate surface area is 104 Å². The number of rotatable bonds is 3. The molecule has 0 radical (unpaired) electrons. The Hall–Kier alpha value is -1.46. The Morgan fingerprint density at radius 1 is 1.44 bits per heavy atom. The SMILES string of the molecule is CC(=O)C1CCC(n2cc(N)c(C(F)F)n2)CC1. The molecule has 2 N–H and O–H groups in total. The highest BCUT2D eigenvalue weighted by atomic mass is 19.3. The molecular formula is C12H17F2N3O. The van der Waals surface area contributed by atoms with Gasteiger partial charge in [0.15, 0.2) is 5.69 Å². The third-order valence-electron chi connectivity index (χ3n) is 3.64. The predicted molar refractivity (Wildman–Crippen MR) is 63.3 cm³/mol. The van der Waals surface area contributed by atoms with Crippen molar-refractivity contribution in [2.24, 2.45) is 5.92 Å². The molecule has 0 atom stereocenters. The molecule has 0 unspecified atom stereocenters. The first-order valence-electron chi connectivity index (χ1n) is 6.12. The van der Waals surface area contributed by atoms with Crippen LogP contribution in [0.1, 0.15) is 50.8 Å². The minimum Gasteiger partial charge on any atom is -0.396 e. The lowest BCUT2D eigenvalue weighted by atomic mass is 9.84. The maximum absolute atomic E-state index is 12.6. The predicted octanol–water partition coefficient (Wildman–Crippen LogP) is 2.72. The van der Waals surface area contributed by atoms with Gasteiger partial charge in [-0.05, 0) is 32.6 Å². The number of Topliss-reactive ketones (excluding diaryl/α,β-unsaturated/α-hetero) is 1. The summed E-state index contributed by atoms with van der Waals surface area (Å²) in [5, 5.41) is 3.86. The Morgan fingerprint density at radius 3 is 2.50 bits per heavy atom. The van der Waals surface area contributed by atoms with Gasteiger partial charge in [-0.25, -0.2) is 8.78 Å². The zero-order valence-corrected chi connectivity index (χ0v) is 10.3. The summed E-state index contributed by atoms with van der Waals surface area (Å²) in [7, 11) is 0. The standard InChI is InChI=1S/C12H17F2N3O/c1-7(18)8-2-4-9(5-3-8)17-6-10(15)11(16-17)12(13)14/h6,8-9,12H,2-5,15H2,1H3. The van der Waals surface area contributed by atoms with E-state index in [9.17, 15) is 13.6 Å². The van der Waals surface area contributed by atoms with Crippen molar-refractivity contribution in [3.05, 3.63) is 11.9 Å². The van der Waals surface area contributed by atoms with Gasteiger partial charge in [0.25, 0.3) is 6.43 Å². The van der Waals surface area contributed by atoms with E-state index in [-0.39, 0.29) is 29.1 Å². The van der Waals surface area contributed by atoms with E-state index < -0.39 is 6.43 Å². The first-order valence-corrected chi connectivity index (χ1v) is 6.12. The minimum atomic E-state index is -2.64. The Kier molecular flexibility index (Phi) is 3.63. The fraction of sp³-hybridized carbons (Fsp3) is 0.667. The van der Waals surface area contributed by atoms with Crippen LogP contribution in [0.3, 0.4) is 0 Å². The van der Waals surface area contributed by atoms with Gasteiger partial charge >= 0.3 is 0 Å². The third-order valence-corrected chi connectivity index (χ3v) is 3.64. The number of carbonyl (C=O) groups is 1. The largest absolute Gasteiger partial charge is 0.396 e. The van der Waals surface area contributed by atoms with Gasteiger partial charge in [0.05, 0.1) is 11.7 Å². The van der Waals surface area contributed by atoms with E-state index in [4.69, 9.17) is 5.73 Å². The number of halogens is 2. The summed E-state index contributed by atoms with van der Waals surface area (Å²) >= 11 is 0. The van der Waals surface area contributed by atoms with Crippen LogP contribution in [0.2, 0.25) is 0 Å². The molecule has 1 aliphatic carbocycles. The molecule has 100 valence electrons. The molecule has 6 heteroatoms. The molecule has 0 aromatic carbocycles. The van der Waals surface area contributed by atoms with Crippen molar-refractivity contribution in [3.63, 3.8) is 0 Å². The molecule has 0 amide bonds. The normalized spacial score (nSPS) is 24.4. The molecule has 1 aromatic rings. The van der Waals surface area contributed by atoms with E-state index in [1.807, 2.05) is 0 Å². The van der Waals surface area contributed by atoms with E-state index in [1.165, 1.54) is 10.9 Å². The highest BCUT2D eigenvalue weighted by Crippen LogP contribution is 2.34. The van der Waals surface area contributed by atoms with Crippen molar-refractivity contribution in [2.75, 3.05) is 5.73 Å². The van der Waals surface area contributed by atoms with Crippen LogP contribution in [0, 0.1) is 5.92 Å². The molecule has 1 fully saturated rings. The summed E-state index contributed by atoms with van der Waals surface area (Å²) in [6, 6.07) is 0.0791. The van der Waals surface area contributed by atoms with Gasteiger partial charge in [-0.15, -0.1) is 0 Å². The Morgan fingerprint density at radius 2 is 2.06 bits per heavy atom. The zero-order chi connectivity index (χ0) is 13.3. The summed E-state index contributed by atoms with van der Waals surface area (Å²) in [5.41, 5.74) is 5.20. The molecule has 1 saturated carbocycles. The summed E-state index contributed by atoms with van der Waals surface area (Å²) in [4.78, 5) is 11.2. The minimum absolute atomic E-state index is 0.0405. The molecule has 1 heterocycles. The topological polar surface area (TPSA) is 60.9 Å². The maximum atomic E-state index is 12.6. The number of anilines is 1. The first-order chi connectivity index (χ1) is 8.49. The number of nitrogens with zero attached hydrogens (tertiary/aromatic N) is 2. The van der Waals surface area contributed by atoms with Crippen molar-refractivity contribution >= 4 is 11.5 Å². The average Bonchev–Trinajstić information content (AvgIpc) is 2.71. The molecule has 2 rings (SSSR count). The van der Waals surface area contributed by atoms with Gasteiger partial charge in [0.2, 0.25) is 0 Å². The van der Waals surface area contributed by atoms with E-state index in [1.54, 1.807) is 6.92 Å². The van der Waals surface area contributed by atoms with Gasteiger partial charge in [-0.3, -0.25) is 9.48 Å². The van der Waals surface area contributed by atoms with Crippen LogP contribution in [0.4, 0.5) is 14.5 Å². The maximum Gasteiger partial charge on any atom is 0.284 e. The number of carbonyl (C=O) groups excluding carboxylic acids is 1. The lowest BCUT2D eigenvalue weighted by molar-refractivity contribution is -0.121. The lowest BCUT2D eigenvalue weighted by Gasteiger charge is -2.27. The molecule has 0 bridgehead atoms. The van der Waals surface area contributed by atoms with Gasteiger partial charge in [-0.2, -0.15) is 5.10 Å². The second-order valence-electron chi connectivity index (χ2n) is 4.87. The Bertz CT molecular complexity index is 437. The number of aromatic nitrogens is 2. The van der Waals surface area contributed by atoms with E-state index in [0.717, 1.165) is 25.7 Å². The summed E-state index contributed by atoms with van der Waals surface area (Å²) in [6.07, 6.45) is 2.00. The number of nitrogen functional groups attached to an aromatic ring is 1. The van der Waals surface area contributed by atoms with Crippen molar-refractivity contribution in [1.82, 2.24) is 9.78 Å². The van der Waals surface area contributed by atoms with Gasteiger partial charge in [0.1, 0.15) is 5.78 Å². The third kappa shape index (κ3) is 2.52. The Balaban J connectivity index is 2.06. The first kappa shape index (κ1) is 13.0. The van der Waals surface area contributed by atoms with E-state index in [2.05, 4.69) is 5.10 Å². The number of hydrogen-bond acceptors (Lipinski definition) is 3. The smallest absolute Gasteiger partial charge is 0.284 e. The van der Waals surface area contributed by atoms with E-state index >= 15 is 0 Å². The second kappa shape index (κ2) is 5.04.